The van der Waals surface area contributed by atoms with Crippen molar-refractivity contribution >= 4 is 5.78 Å². The summed E-state index contributed by atoms with van der Waals surface area (Å²) in [7, 11) is 0. The van der Waals surface area contributed by atoms with Gasteiger partial charge in [-0.3, -0.25) is 4.79 Å². The van der Waals surface area contributed by atoms with Crippen molar-refractivity contribution in [2.24, 2.45) is 17.8 Å². The maximum absolute atomic E-state index is 11.6. The van der Waals surface area contributed by atoms with Gasteiger partial charge in [0.1, 0.15) is 0 Å². The highest BCUT2D eigenvalue weighted by Crippen LogP contribution is 2.53. The first-order valence-electron chi connectivity index (χ1n) is 7.44. The summed E-state index contributed by atoms with van der Waals surface area (Å²) in [5, 5.41) is 0. The second kappa shape index (κ2) is 4.31. The van der Waals surface area contributed by atoms with Gasteiger partial charge >= 0.3 is 0 Å². The van der Waals surface area contributed by atoms with Crippen molar-refractivity contribution in [2.75, 3.05) is 0 Å². The highest BCUT2D eigenvalue weighted by atomic mass is 16.1. The maximum atomic E-state index is 11.6. The molecule has 0 aliphatic heterocycles. The van der Waals surface area contributed by atoms with E-state index in [2.05, 4.69) is 54.6 Å². The van der Waals surface area contributed by atoms with Gasteiger partial charge in [0, 0.05) is 5.41 Å². The van der Waals surface area contributed by atoms with E-state index in [0.29, 0.717) is 11.8 Å². The van der Waals surface area contributed by atoms with Crippen molar-refractivity contribution < 1.29 is 4.79 Å². The summed E-state index contributed by atoms with van der Waals surface area (Å²) < 4.78 is 0. The molecule has 0 spiro atoms. The van der Waals surface area contributed by atoms with E-state index in [9.17, 15) is 4.79 Å². The second-order valence-corrected chi connectivity index (χ2v) is 6.25. The molecule has 3 unspecified atom stereocenters. The van der Waals surface area contributed by atoms with Crippen LogP contribution in [0.4, 0.5) is 0 Å². The molecule has 100 valence electrons. The van der Waals surface area contributed by atoms with E-state index in [4.69, 9.17) is 0 Å². The Hall–Kier alpha value is -1.89. The van der Waals surface area contributed by atoms with Crippen LogP contribution < -0.4 is 0 Å². The fraction of sp³-hybridized carbons (Fsp3) is 0.316. The monoisotopic (exact) mass is 262 g/mol. The molecule has 3 aliphatic rings. The van der Waals surface area contributed by atoms with Gasteiger partial charge in [0.15, 0.2) is 5.78 Å². The number of fused-ring (bicyclic) bond motifs is 2. The fourth-order valence-corrected chi connectivity index (χ4v) is 4.26. The first kappa shape index (κ1) is 11.9. The molecule has 1 fully saturated rings. The van der Waals surface area contributed by atoms with Gasteiger partial charge in [-0.15, -0.1) is 0 Å². The number of hydrogen-bond donors (Lipinski definition) is 0. The van der Waals surface area contributed by atoms with Gasteiger partial charge in [-0.1, -0.05) is 54.6 Å². The van der Waals surface area contributed by atoms with E-state index in [1.807, 2.05) is 0 Å². The third-order valence-electron chi connectivity index (χ3n) is 5.21. The van der Waals surface area contributed by atoms with Crippen molar-refractivity contribution in [3.05, 3.63) is 72.4 Å². The third kappa shape index (κ3) is 1.66. The SMILES string of the molecule is O=C1C=CC(c2ccccc2)(C2CC3C=CC2C3)C=C1. The van der Waals surface area contributed by atoms with Crippen LogP contribution in [-0.4, -0.2) is 5.78 Å². The van der Waals surface area contributed by atoms with Crippen molar-refractivity contribution in [3.63, 3.8) is 0 Å². The Morgan fingerprint density at radius 1 is 0.950 bits per heavy atom. The summed E-state index contributed by atoms with van der Waals surface area (Å²) >= 11 is 0. The third-order valence-corrected chi connectivity index (χ3v) is 5.21. The maximum Gasteiger partial charge on any atom is 0.178 e. The molecule has 4 rings (SSSR count). The molecule has 0 heterocycles. The molecule has 0 N–H and O–H groups in total. The summed E-state index contributed by atoms with van der Waals surface area (Å²) in [6.07, 6.45) is 15.1. The summed E-state index contributed by atoms with van der Waals surface area (Å²) in [5.41, 5.74) is 1.21. The van der Waals surface area contributed by atoms with Gasteiger partial charge < -0.3 is 0 Å². The van der Waals surface area contributed by atoms with Gasteiger partial charge in [-0.05, 0) is 48.3 Å². The largest absolute Gasteiger partial charge is 0.290 e. The molecule has 3 aliphatic carbocycles. The van der Waals surface area contributed by atoms with Crippen LogP contribution in [0.15, 0.2) is 66.8 Å². The topological polar surface area (TPSA) is 17.1 Å². The molecule has 3 atom stereocenters. The van der Waals surface area contributed by atoms with Gasteiger partial charge in [0.2, 0.25) is 0 Å². The van der Waals surface area contributed by atoms with Crippen molar-refractivity contribution in [2.45, 2.75) is 18.3 Å². The zero-order chi connectivity index (χ0) is 13.6. The average molecular weight is 262 g/mol. The Bertz CT molecular complexity index is 604. The average Bonchev–Trinajstić information content (AvgIpc) is 3.12. The Morgan fingerprint density at radius 2 is 1.70 bits per heavy atom. The molecule has 1 saturated carbocycles. The van der Waals surface area contributed by atoms with E-state index in [-0.39, 0.29) is 11.2 Å². The van der Waals surface area contributed by atoms with Crippen LogP contribution in [0, 0.1) is 17.8 Å². The molecule has 1 aromatic carbocycles. The van der Waals surface area contributed by atoms with E-state index >= 15 is 0 Å². The van der Waals surface area contributed by atoms with Crippen molar-refractivity contribution in [1.82, 2.24) is 0 Å². The van der Waals surface area contributed by atoms with E-state index in [1.54, 1.807) is 12.2 Å². The minimum absolute atomic E-state index is 0.0979. The number of allylic oxidation sites excluding steroid dienone is 6. The van der Waals surface area contributed by atoms with Crippen LogP contribution in [-0.2, 0) is 10.2 Å². The fourth-order valence-electron chi connectivity index (χ4n) is 4.26. The Balaban J connectivity index is 1.82. The molecule has 0 aromatic heterocycles. The summed E-state index contributed by atoms with van der Waals surface area (Å²) in [5.74, 6) is 2.09. The molecule has 0 radical (unpaired) electrons. The second-order valence-electron chi connectivity index (χ2n) is 6.25. The standard InChI is InChI=1S/C19H18O/c20-17-8-10-19(11-9-17,16-4-2-1-3-5-16)18-13-14-6-7-15(18)12-14/h1-11,14-15,18H,12-13H2. The van der Waals surface area contributed by atoms with Crippen LogP contribution >= 0.6 is 0 Å². The first-order chi connectivity index (χ1) is 9.78. The number of benzene rings is 1. The summed E-state index contributed by atoms with van der Waals surface area (Å²) in [4.78, 5) is 11.6. The lowest BCUT2D eigenvalue weighted by molar-refractivity contribution is -0.110. The van der Waals surface area contributed by atoms with Gasteiger partial charge in [0.05, 0.1) is 0 Å². The van der Waals surface area contributed by atoms with E-state index in [1.165, 1.54) is 18.4 Å². The smallest absolute Gasteiger partial charge is 0.178 e. The highest BCUT2D eigenvalue weighted by molar-refractivity contribution is 6.00. The first-order valence-corrected chi connectivity index (χ1v) is 7.44. The molecule has 1 heteroatoms. The normalized spacial score (nSPS) is 33.0. The predicted octanol–water partition coefficient (Wildman–Crippen LogP) is 3.83. The lowest BCUT2D eigenvalue weighted by Crippen LogP contribution is -2.35. The van der Waals surface area contributed by atoms with Gasteiger partial charge in [0.25, 0.3) is 0 Å². The van der Waals surface area contributed by atoms with Crippen LogP contribution in [0.5, 0.6) is 0 Å². The Morgan fingerprint density at radius 3 is 2.30 bits per heavy atom. The molecular weight excluding hydrogens is 244 g/mol. The van der Waals surface area contributed by atoms with E-state index in [0.717, 1.165) is 5.92 Å². The van der Waals surface area contributed by atoms with Crippen molar-refractivity contribution in [1.29, 1.82) is 0 Å². The molecule has 1 nitrogen and oxygen atoms in total. The molecule has 0 amide bonds. The van der Waals surface area contributed by atoms with Crippen LogP contribution in [0.2, 0.25) is 0 Å². The number of rotatable bonds is 2. The summed E-state index contributed by atoms with van der Waals surface area (Å²) in [6, 6.07) is 10.6. The molecular formula is C19H18O. The number of carbonyl (C=O) groups is 1. The lowest BCUT2D eigenvalue weighted by atomic mass is 9.64. The van der Waals surface area contributed by atoms with Crippen LogP contribution in [0.25, 0.3) is 0 Å². The lowest BCUT2D eigenvalue weighted by Gasteiger charge is -2.39. The predicted molar refractivity (Wildman–Crippen MR) is 80.3 cm³/mol. The zero-order valence-electron chi connectivity index (χ0n) is 11.4. The minimum Gasteiger partial charge on any atom is -0.290 e. The van der Waals surface area contributed by atoms with Crippen molar-refractivity contribution in [3.8, 4) is 0 Å². The zero-order valence-corrected chi connectivity index (χ0v) is 11.4. The quantitative estimate of drug-likeness (QED) is 0.740. The molecule has 1 aromatic rings. The Kier molecular flexibility index (Phi) is 2.56. The number of carbonyl (C=O) groups excluding carboxylic acids is 1. The molecule has 2 bridgehead atoms. The summed E-state index contributed by atoms with van der Waals surface area (Å²) in [6.45, 7) is 0. The number of hydrogen-bond acceptors (Lipinski definition) is 1. The minimum atomic E-state index is -0.0979. The molecule has 20 heavy (non-hydrogen) atoms. The van der Waals surface area contributed by atoms with Gasteiger partial charge in [-0.25, -0.2) is 0 Å². The van der Waals surface area contributed by atoms with Gasteiger partial charge in [-0.2, -0.15) is 0 Å². The number of ketones is 1. The van der Waals surface area contributed by atoms with Crippen LogP contribution in [0.1, 0.15) is 18.4 Å². The highest BCUT2D eigenvalue weighted by Gasteiger charge is 2.47. The Labute approximate surface area is 119 Å². The molecule has 0 saturated heterocycles. The van der Waals surface area contributed by atoms with E-state index < -0.39 is 0 Å². The van der Waals surface area contributed by atoms with Crippen LogP contribution in [0.3, 0.4) is 0 Å².